The van der Waals surface area contributed by atoms with E-state index in [1.807, 2.05) is 6.07 Å². The maximum Gasteiger partial charge on any atom is 0.262 e. The second kappa shape index (κ2) is 6.11. The summed E-state index contributed by atoms with van der Waals surface area (Å²) in [6.07, 6.45) is 1.50. The molecule has 1 aromatic carbocycles. The standard InChI is InChI=1S/C13H10BrN3O3S/c1-20-13-12(6-10(14)8-16-13)17-21(18,19)11-4-2-9(7-15)3-5-11/h2-6,8,17H,1H3. The van der Waals surface area contributed by atoms with E-state index in [-0.39, 0.29) is 16.5 Å². The lowest BCUT2D eigenvalue weighted by Crippen LogP contribution is -2.14. The Labute approximate surface area is 130 Å². The molecule has 2 aromatic rings. The summed E-state index contributed by atoms with van der Waals surface area (Å²) in [5.41, 5.74) is 0.604. The summed E-state index contributed by atoms with van der Waals surface area (Å²) in [6, 6.07) is 9.07. The van der Waals surface area contributed by atoms with Gasteiger partial charge in [0.2, 0.25) is 5.88 Å². The van der Waals surface area contributed by atoms with Gasteiger partial charge in [-0.25, -0.2) is 13.4 Å². The molecule has 0 aliphatic rings. The van der Waals surface area contributed by atoms with Gasteiger partial charge in [0.25, 0.3) is 10.0 Å². The van der Waals surface area contributed by atoms with Crippen molar-refractivity contribution in [3.8, 4) is 11.9 Å². The number of rotatable bonds is 4. The number of nitrogens with one attached hydrogen (secondary N) is 1. The molecule has 0 atom stereocenters. The van der Waals surface area contributed by atoms with Gasteiger partial charge in [-0.2, -0.15) is 5.26 Å². The summed E-state index contributed by atoms with van der Waals surface area (Å²) in [4.78, 5) is 4.01. The summed E-state index contributed by atoms with van der Waals surface area (Å²) in [7, 11) is -2.39. The van der Waals surface area contributed by atoms with Gasteiger partial charge < -0.3 is 4.74 Å². The molecule has 21 heavy (non-hydrogen) atoms. The van der Waals surface area contributed by atoms with Crippen LogP contribution in [-0.2, 0) is 10.0 Å². The van der Waals surface area contributed by atoms with Crippen LogP contribution in [0.1, 0.15) is 5.56 Å². The number of nitrogens with zero attached hydrogens (tertiary/aromatic N) is 2. The number of aromatic nitrogens is 1. The SMILES string of the molecule is COc1ncc(Br)cc1NS(=O)(=O)c1ccc(C#N)cc1. The third-order valence-electron chi connectivity index (χ3n) is 2.55. The summed E-state index contributed by atoms with van der Waals surface area (Å²) >= 11 is 3.22. The van der Waals surface area contributed by atoms with Crippen molar-refractivity contribution in [1.29, 1.82) is 5.26 Å². The molecule has 8 heteroatoms. The average Bonchev–Trinajstić information content (AvgIpc) is 2.47. The fourth-order valence-electron chi connectivity index (χ4n) is 1.57. The van der Waals surface area contributed by atoms with Crippen molar-refractivity contribution in [2.24, 2.45) is 0 Å². The molecule has 108 valence electrons. The molecule has 0 saturated carbocycles. The predicted molar refractivity (Wildman–Crippen MR) is 80.5 cm³/mol. The number of nitriles is 1. The molecule has 0 bridgehead atoms. The van der Waals surface area contributed by atoms with Crippen molar-refractivity contribution in [2.75, 3.05) is 11.8 Å². The minimum Gasteiger partial charge on any atom is -0.479 e. The molecule has 1 aromatic heterocycles. The zero-order valence-electron chi connectivity index (χ0n) is 10.9. The van der Waals surface area contributed by atoms with Crippen LogP contribution < -0.4 is 9.46 Å². The number of pyridine rings is 1. The molecular weight excluding hydrogens is 358 g/mol. The molecule has 0 saturated heterocycles. The van der Waals surface area contributed by atoms with Gasteiger partial charge in [0.15, 0.2) is 0 Å². The van der Waals surface area contributed by atoms with Crippen LogP contribution in [0.2, 0.25) is 0 Å². The smallest absolute Gasteiger partial charge is 0.262 e. The lowest BCUT2D eigenvalue weighted by atomic mass is 10.2. The van der Waals surface area contributed by atoms with Gasteiger partial charge in [0, 0.05) is 10.7 Å². The molecule has 0 aliphatic heterocycles. The number of methoxy groups -OCH3 is 1. The van der Waals surface area contributed by atoms with Gasteiger partial charge in [-0.1, -0.05) is 0 Å². The largest absolute Gasteiger partial charge is 0.479 e. The molecule has 0 aliphatic carbocycles. The van der Waals surface area contributed by atoms with Crippen LogP contribution in [0.15, 0.2) is 45.9 Å². The lowest BCUT2D eigenvalue weighted by Gasteiger charge is -2.11. The van der Waals surface area contributed by atoms with E-state index in [1.165, 1.54) is 37.6 Å². The highest BCUT2D eigenvalue weighted by Gasteiger charge is 2.17. The number of sulfonamides is 1. The zero-order valence-corrected chi connectivity index (χ0v) is 13.3. The molecule has 1 heterocycles. The number of ether oxygens (including phenoxy) is 1. The molecule has 2 rings (SSSR count). The fraction of sp³-hybridized carbons (Fsp3) is 0.0769. The van der Waals surface area contributed by atoms with Crippen LogP contribution in [0.4, 0.5) is 5.69 Å². The average molecular weight is 368 g/mol. The molecule has 1 N–H and O–H groups in total. The number of benzene rings is 1. The van der Waals surface area contributed by atoms with Crippen LogP contribution in [0.5, 0.6) is 5.88 Å². The molecule has 0 radical (unpaired) electrons. The van der Waals surface area contributed by atoms with E-state index in [1.54, 1.807) is 6.07 Å². The van der Waals surface area contributed by atoms with Crippen LogP contribution >= 0.6 is 15.9 Å². The Balaban J connectivity index is 2.37. The fourth-order valence-corrected chi connectivity index (χ4v) is 2.95. The van der Waals surface area contributed by atoms with Crippen molar-refractivity contribution in [3.05, 3.63) is 46.6 Å². The maximum absolute atomic E-state index is 12.3. The molecule has 6 nitrogen and oxygen atoms in total. The quantitative estimate of drug-likeness (QED) is 0.895. The second-order valence-electron chi connectivity index (χ2n) is 3.95. The van der Waals surface area contributed by atoms with Gasteiger partial charge in [-0.05, 0) is 46.3 Å². The van der Waals surface area contributed by atoms with Crippen LogP contribution in [0.3, 0.4) is 0 Å². The minimum atomic E-state index is -3.79. The van der Waals surface area contributed by atoms with E-state index in [2.05, 4.69) is 25.6 Å². The van der Waals surface area contributed by atoms with E-state index < -0.39 is 10.0 Å². The maximum atomic E-state index is 12.3. The predicted octanol–water partition coefficient (Wildman–Crippen LogP) is 2.53. The van der Waals surface area contributed by atoms with Crippen LogP contribution in [0.25, 0.3) is 0 Å². The van der Waals surface area contributed by atoms with Crippen molar-refractivity contribution in [1.82, 2.24) is 4.98 Å². The molecular formula is C13H10BrN3O3S. The molecule has 0 amide bonds. The van der Waals surface area contributed by atoms with Gasteiger partial charge in [0.05, 0.1) is 23.6 Å². The van der Waals surface area contributed by atoms with E-state index >= 15 is 0 Å². The van der Waals surface area contributed by atoms with Crippen molar-refractivity contribution in [3.63, 3.8) is 0 Å². The second-order valence-corrected chi connectivity index (χ2v) is 6.55. The Kier molecular flexibility index (Phi) is 4.45. The Morgan fingerprint density at radius 1 is 1.33 bits per heavy atom. The highest BCUT2D eigenvalue weighted by atomic mass is 79.9. The number of hydrogen-bond acceptors (Lipinski definition) is 5. The minimum absolute atomic E-state index is 0.0449. The van der Waals surface area contributed by atoms with Crippen molar-refractivity contribution < 1.29 is 13.2 Å². The van der Waals surface area contributed by atoms with Gasteiger partial charge in [0.1, 0.15) is 5.69 Å². The Morgan fingerprint density at radius 3 is 2.57 bits per heavy atom. The number of halogens is 1. The van der Waals surface area contributed by atoms with Crippen LogP contribution in [-0.4, -0.2) is 20.5 Å². The third kappa shape index (κ3) is 3.51. The summed E-state index contributed by atoms with van der Waals surface area (Å²) in [5.74, 6) is 0.162. The summed E-state index contributed by atoms with van der Waals surface area (Å²) in [6.45, 7) is 0. The van der Waals surface area contributed by atoms with Crippen molar-refractivity contribution in [2.45, 2.75) is 4.90 Å². The van der Waals surface area contributed by atoms with E-state index in [9.17, 15) is 8.42 Å². The van der Waals surface area contributed by atoms with Gasteiger partial charge in [-0.15, -0.1) is 0 Å². The highest BCUT2D eigenvalue weighted by Crippen LogP contribution is 2.27. The first-order chi connectivity index (χ1) is 9.96. The summed E-state index contributed by atoms with van der Waals surface area (Å²) in [5, 5.41) is 8.72. The Hall–Kier alpha value is -2.11. The first-order valence-corrected chi connectivity index (χ1v) is 7.96. The summed E-state index contributed by atoms with van der Waals surface area (Å²) < 4.78 is 32.6. The van der Waals surface area contributed by atoms with E-state index in [0.717, 1.165) is 0 Å². The monoisotopic (exact) mass is 367 g/mol. The normalized spacial score (nSPS) is 10.7. The molecule has 0 unspecified atom stereocenters. The molecule has 0 spiro atoms. The number of anilines is 1. The first kappa shape index (κ1) is 15.3. The molecule has 0 fully saturated rings. The topological polar surface area (TPSA) is 92.1 Å². The Morgan fingerprint density at radius 2 is 2.00 bits per heavy atom. The lowest BCUT2D eigenvalue weighted by molar-refractivity contribution is 0.400. The van der Waals surface area contributed by atoms with Gasteiger partial charge >= 0.3 is 0 Å². The third-order valence-corrected chi connectivity index (χ3v) is 4.36. The van der Waals surface area contributed by atoms with E-state index in [4.69, 9.17) is 10.00 Å². The Bertz CT molecular complexity index is 798. The van der Waals surface area contributed by atoms with Crippen molar-refractivity contribution >= 4 is 31.6 Å². The number of hydrogen-bond donors (Lipinski definition) is 1. The zero-order chi connectivity index (χ0) is 15.5. The van der Waals surface area contributed by atoms with E-state index in [0.29, 0.717) is 10.0 Å². The highest BCUT2D eigenvalue weighted by molar-refractivity contribution is 9.10. The van der Waals surface area contributed by atoms with Crippen LogP contribution in [0, 0.1) is 11.3 Å². The van der Waals surface area contributed by atoms with Gasteiger partial charge in [-0.3, -0.25) is 4.72 Å². The first-order valence-electron chi connectivity index (χ1n) is 5.69.